The monoisotopic (exact) mass is 377 g/mol. The number of hydrogen-bond acceptors (Lipinski definition) is 6. The van der Waals surface area contributed by atoms with Gasteiger partial charge >= 0.3 is 0 Å². The molecular weight excluding hydrogens is 350 g/mol. The second-order valence-electron chi connectivity index (χ2n) is 7.45. The number of carbonyl (C=O) groups is 2. The first-order valence-electron chi connectivity index (χ1n) is 9.31. The number of benzene rings is 1. The van der Waals surface area contributed by atoms with Crippen LogP contribution in [0.15, 0.2) is 18.2 Å². The quantitative estimate of drug-likeness (QED) is 0.440. The zero-order chi connectivity index (χ0) is 19.4. The zero-order valence-corrected chi connectivity index (χ0v) is 15.8. The molecule has 0 radical (unpaired) electrons. The van der Waals surface area contributed by atoms with Gasteiger partial charge in [-0.3, -0.25) is 19.7 Å². The molecule has 8 nitrogen and oxygen atoms in total. The van der Waals surface area contributed by atoms with E-state index in [9.17, 15) is 9.59 Å². The molecule has 2 aliphatic heterocycles. The Morgan fingerprint density at radius 3 is 2.52 bits per heavy atom. The van der Waals surface area contributed by atoms with Gasteiger partial charge < -0.3 is 14.4 Å². The Morgan fingerprint density at radius 1 is 1.15 bits per heavy atom. The molecule has 2 heterocycles. The molecule has 0 aliphatic carbocycles. The lowest BCUT2D eigenvalue weighted by molar-refractivity contribution is -0.148. The summed E-state index contributed by atoms with van der Waals surface area (Å²) in [6.07, 6.45) is 0.419. The standard InChI is InChI=1S/C19H27N3O5/c1-13(2)9-15(18(23)20-25)19(24)22-7-5-21(6-8-22)11-14-3-4-16-17(10-14)27-12-26-16/h3-4,10,13,15,25H,5-9,11-12H2,1-2H3,(H,20,23). The molecule has 27 heavy (non-hydrogen) atoms. The minimum absolute atomic E-state index is 0.184. The Hall–Kier alpha value is -2.32. The lowest BCUT2D eigenvalue weighted by atomic mass is 9.95. The highest BCUT2D eigenvalue weighted by Crippen LogP contribution is 2.32. The third kappa shape index (κ3) is 4.70. The number of piperazine rings is 1. The molecule has 0 aromatic heterocycles. The average molecular weight is 377 g/mol. The van der Waals surface area contributed by atoms with E-state index in [1.807, 2.05) is 32.0 Å². The Morgan fingerprint density at radius 2 is 1.85 bits per heavy atom. The normalized spacial score (nSPS) is 17.9. The van der Waals surface area contributed by atoms with E-state index in [-0.39, 0.29) is 18.6 Å². The number of ether oxygens (including phenoxy) is 2. The maximum atomic E-state index is 12.7. The van der Waals surface area contributed by atoms with E-state index in [0.29, 0.717) is 19.5 Å². The van der Waals surface area contributed by atoms with Crippen molar-refractivity contribution in [2.24, 2.45) is 11.8 Å². The van der Waals surface area contributed by atoms with Crippen LogP contribution >= 0.6 is 0 Å². The van der Waals surface area contributed by atoms with Gasteiger partial charge in [0.25, 0.3) is 5.91 Å². The van der Waals surface area contributed by atoms with Crippen LogP contribution in [0.25, 0.3) is 0 Å². The first-order valence-corrected chi connectivity index (χ1v) is 9.31. The summed E-state index contributed by atoms with van der Waals surface area (Å²) < 4.78 is 10.7. The fourth-order valence-electron chi connectivity index (χ4n) is 3.51. The number of hydroxylamine groups is 1. The van der Waals surface area contributed by atoms with Crippen LogP contribution in [0.2, 0.25) is 0 Å². The van der Waals surface area contributed by atoms with Gasteiger partial charge in [0, 0.05) is 32.7 Å². The Kier molecular flexibility index (Phi) is 6.18. The number of nitrogens with zero attached hydrogens (tertiary/aromatic N) is 2. The van der Waals surface area contributed by atoms with Crippen LogP contribution in [-0.4, -0.2) is 59.8 Å². The zero-order valence-electron chi connectivity index (χ0n) is 15.8. The molecule has 1 saturated heterocycles. The molecule has 1 atom stereocenters. The predicted octanol–water partition coefficient (Wildman–Crippen LogP) is 1.23. The summed E-state index contributed by atoms with van der Waals surface area (Å²) in [5.74, 6) is 0.0498. The van der Waals surface area contributed by atoms with Crippen molar-refractivity contribution in [2.45, 2.75) is 26.8 Å². The van der Waals surface area contributed by atoms with Crippen molar-refractivity contribution in [3.8, 4) is 11.5 Å². The molecule has 148 valence electrons. The number of fused-ring (bicyclic) bond motifs is 1. The van der Waals surface area contributed by atoms with E-state index in [1.165, 1.54) is 0 Å². The molecule has 2 aliphatic rings. The Balaban J connectivity index is 1.54. The number of hydrogen-bond donors (Lipinski definition) is 2. The van der Waals surface area contributed by atoms with Crippen LogP contribution < -0.4 is 15.0 Å². The van der Waals surface area contributed by atoms with Crippen molar-refractivity contribution in [1.29, 1.82) is 0 Å². The van der Waals surface area contributed by atoms with Crippen LogP contribution in [0.3, 0.4) is 0 Å². The number of nitrogens with one attached hydrogen (secondary N) is 1. The molecule has 1 fully saturated rings. The first kappa shape index (κ1) is 19.4. The maximum absolute atomic E-state index is 12.7. The molecule has 2 N–H and O–H groups in total. The molecule has 1 aromatic carbocycles. The molecule has 3 rings (SSSR count). The minimum Gasteiger partial charge on any atom is -0.454 e. The largest absolute Gasteiger partial charge is 0.454 e. The molecule has 0 bridgehead atoms. The lowest BCUT2D eigenvalue weighted by Gasteiger charge is -2.36. The summed E-state index contributed by atoms with van der Waals surface area (Å²) in [6.45, 7) is 7.53. The van der Waals surface area contributed by atoms with Crippen molar-refractivity contribution in [1.82, 2.24) is 15.3 Å². The molecule has 2 amide bonds. The summed E-state index contributed by atoms with van der Waals surface area (Å²) >= 11 is 0. The van der Waals surface area contributed by atoms with Crippen molar-refractivity contribution >= 4 is 11.8 Å². The van der Waals surface area contributed by atoms with Crippen molar-refractivity contribution in [3.63, 3.8) is 0 Å². The molecule has 0 saturated carbocycles. The Labute approximate surface area is 159 Å². The third-order valence-electron chi connectivity index (χ3n) is 4.96. The first-order chi connectivity index (χ1) is 13.0. The predicted molar refractivity (Wildman–Crippen MR) is 97.3 cm³/mol. The molecule has 8 heteroatoms. The number of rotatable bonds is 6. The summed E-state index contributed by atoms with van der Waals surface area (Å²) in [5.41, 5.74) is 2.77. The fraction of sp³-hybridized carbons (Fsp3) is 0.579. The van der Waals surface area contributed by atoms with Crippen molar-refractivity contribution in [2.75, 3.05) is 33.0 Å². The van der Waals surface area contributed by atoms with Crippen LogP contribution in [-0.2, 0) is 16.1 Å². The van der Waals surface area contributed by atoms with E-state index in [4.69, 9.17) is 14.7 Å². The van der Waals surface area contributed by atoms with Gasteiger partial charge in [-0.2, -0.15) is 0 Å². The SMILES string of the molecule is CC(C)CC(C(=O)NO)C(=O)N1CCN(Cc2ccc3c(c2)OCO3)CC1. The molecule has 1 unspecified atom stereocenters. The number of amides is 2. The van der Waals surface area contributed by atoms with Gasteiger partial charge in [0.15, 0.2) is 11.5 Å². The van der Waals surface area contributed by atoms with Gasteiger partial charge in [0.05, 0.1) is 0 Å². The van der Waals surface area contributed by atoms with E-state index < -0.39 is 11.8 Å². The second kappa shape index (κ2) is 8.58. The van der Waals surface area contributed by atoms with E-state index in [1.54, 1.807) is 10.4 Å². The summed E-state index contributed by atoms with van der Waals surface area (Å²) in [6, 6.07) is 5.93. The third-order valence-corrected chi connectivity index (χ3v) is 4.96. The topological polar surface area (TPSA) is 91.3 Å². The number of carbonyl (C=O) groups excluding carboxylic acids is 2. The second-order valence-corrected chi connectivity index (χ2v) is 7.45. The van der Waals surface area contributed by atoms with Gasteiger partial charge in [-0.15, -0.1) is 0 Å². The fourth-order valence-corrected chi connectivity index (χ4v) is 3.51. The average Bonchev–Trinajstić information content (AvgIpc) is 3.13. The van der Waals surface area contributed by atoms with E-state index in [0.717, 1.165) is 36.7 Å². The van der Waals surface area contributed by atoms with Crippen LogP contribution in [0.4, 0.5) is 0 Å². The van der Waals surface area contributed by atoms with Gasteiger partial charge in [-0.25, -0.2) is 5.48 Å². The van der Waals surface area contributed by atoms with Gasteiger partial charge in [-0.05, 0) is 30.0 Å². The van der Waals surface area contributed by atoms with Gasteiger partial charge in [0.2, 0.25) is 12.7 Å². The highest BCUT2D eigenvalue weighted by atomic mass is 16.7. The van der Waals surface area contributed by atoms with E-state index in [2.05, 4.69) is 4.90 Å². The lowest BCUT2D eigenvalue weighted by Crippen LogP contribution is -2.52. The summed E-state index contributed by atoms with van der Waals surface area (Å²) in [7, 11) is 0. The smallest absolute Gasteiger partial charge is 0.255 e. The van der Waals surface area contributed by atoms with Crippen molar-refractivity contribution in [3.05, 3.63) is 23.8 Å². The molecule has 0 spiro atoms. The highest BCUT2D eigenvalue weighted by molar-refractivity contribution is 5.99. The van der Waals surface area contributed by atoms with Crippen LogP contribution in [0.5, 0.6) is 11.5 Å². The summed E-state index contributed by atoms with van der Waals surface area (Å²) in [5, 5.41) is 8.94. The summed E-state index contributed by atoms with van der Waals surface area (Å²) in [4.78, 5) is 28.6. The molecule has 1 aromatic rings. The Bertz CT molecular complexity index is 686. The van der Waals surface area contributed by atoms with Crippen LogP contribution in [0.1, 0.15) is 25.8 Å². The van der Waals surface area contributed by atoms with Crippen LogP contribution in [0, 0.1) is 11.8 Å². The van der Waals surface area contributed by atoms with Gasteiger partial charge in [-0.1, -0.05) is 19.9 Å². The van der Waals surface area contributed by atoms with Gasteiger partial charge in [0.1, 0.15) is 5.92 Å². The molecular formula is C19H27N3O5. The van der Waals surface area contributed by atoms with Crippen molar-refractivity contribution < 1.29 is 24.3 Å². The minimum atomic E-state index is -0.838. The maximum Gasteiger partial charge on any atom is 0.255 e. The van der Waals surface area contributed by atoms with E-state index >= 15 is 0 Å². The highest BCUT2D eigenvalue weighted by Gasteiger charge is 2.32.